The van der Waals surface area contributed by atoms with Crippen molar-refractivity contribution in [3.8, 4) is 0 Å². The molecular weight excluding hydrogens is 254 g/mol. The number of carbonyl (C=O) groups is 1. The maximum atomic E-state index is 12.2. The maximum Gasteiger partial charge on any atom is 0.251 e. The first kappa shape index (κ1) is 13.6. The molecule has 20 heavy (non-hydrogen) atoms. The Kier molecular flexibility index (Phi) is 4.03. The van der Waals surface area contributed by atoms with Crippen molar-refractivity contribution in [3.05, 3.63) is 34.9 Å². The van der Waals surface area contributed by atoms with Crippen LogP contribution in [0, 0.1) is 5.92 Å². The highest BCUT2D eigenvalue weighted by Crippen LogP contribution is 2.24. The quantitative estimate of drug-likeness (QED) is 0.887. The molecule has 0 bridgehead atoms. The lowest BCUT2D eigenvalue weighted by molar-refractivity contribution is 0.0663. The Labute approximate surface area is 119 Å². The van der Waals surface area contributed by atoms with E-state index in [0.29, 0.717) is 25.3 Å². The van der Waals surface area contributed by atoms with Crippen molar-refractivity contribution in [3.63, 3.8) is 0 Å². The van der Waals surface area contributed by atoms with Gasteiger partial charge in [-0.05, 0) is 36.1 Å². The number of carbonyl (C=O) groups excluding carboxylic acids is 1. The van der Waals surface area contributed by atoms with Gasteiger partial charge in [-0.1, -0.05) is 18.9 Å². The summed E-state index contributed by atoms with van der Waals surface area (Å²) in [4.78, 5) is 12.2. The van der Waals surface area contributed by atoms with Gasteiger partial charge in [0, 0.05) is 18.0 Å². The van der Waals surface area contributed by atoms with Crippen LogP contribution in [0.5, 0.6) is 0 Å². The lowest BCUT2D eigenvalue weighted by Gasteiger charge is -2.27. The summed E-state index contributed by atoms with van der Waals surface area (Å²) in [6.07, 6.45) is 3.83. The number of aliphatic hydroxyl groups is 1. The third-order valence-electron chi connectivity index (χ3n) is 4.38. The number of benzene rings is 1. The summed E-state index contributed by atoms with van der Waals surface area (Å²) in [7, 11) is 0. The third-order valence-corrected chi connectivity index (χ3v) is 4.38. The molecule has 2 aliphatic rings. The van der Waals surface area contributed by atoms with Crippen molar-refractivity contribution < 1.29 is 14.6 Å². The van der Waals surface area contributed by atoms with Gasteiger partial charge < -0.3 is 15.2 Å². The molecule has 1 saturated carbocycles. The van der Waals surface area contributed by atoms with Crippen LogP contribution in [0.1, 0.15) is 47.2 Å². The van der Waals surface area contributed by atoms with Crippen molar-refractivity contribution in [2.45, 2.75) is 45.0 Å². The van der Waals surface area contributed by atoms with Gasteiger partial charge in [0.1, 0.15) is 0 Å². The van der Waals surface area contributed by atoms with Crippen molar-refractivity contribution in [2.24, 2.45) is 5.92 Å². The molecule has 0 spiro atoms. The highest BCUT2D eigenvalue weighted by atomic mass is 16.5. The Bertz CT molecular complexity index is 500. The van der Waals surface area contributed by atoms with Crippen LogP contribution >= 0.6 is 0 Å². The summed E-state index contributed by atoms with van der Waals surface area (Å²) in [5, 5.41) is 12.9. The van der Waals surface area contributed by atoms with E-state index in [-0.39, 0.29) is 17.9 Å². The zero-order valence-corrected chi connectivity index (χ0v) is 11.6. The molecule has 0 radical (unpaired) electrons. The first-order valence-corrected chi connectivity index (χ1v) is 7.40. The van der Waals surface area contributed by atoms with E-state index in [4.69, 9.17) is 4.74 Å². The SMILES string of the molecule is O=C(NCC1CCCCC1O)c1ccc2c(c1)COC2. The predicted molar refractivity (Wildman–Crippen MR) is 75.2 cm³/mol. The molecule has 1 amide bonds. The highest BCUT2D eigenvalue weighted by Gasteiger charge is 2.23. The third kappa shape index (κ3) is 2.86. The summed E-state index contributed by atoms with van der Waals surface area (Å²) < 4.78 is 5.35. The standard InChI is InChI=1S/C16H21NO3/c18-15-4-2-1-3-12(15)8-17-16(19)11-5-6-13-9-20-10-14(13)7-11/h5-7,12,15,18H,1-4,8-10H2,(H,17,19). The number of ether oxygens (including phenoxy) is 1. The number of hydrogen-bond donors (Lipinski definition) is 2. The smallest absolute Gasteiger partial charge is 0.251 e. The van der Waals surface area contributed by atoms with Crippen LogP contribution in [-0.2, 0) is 18.0 Å². The van der Waals surface area contributed by atoms with Crippen LogP contribution in [0.3, 0.4) is 0 Å². The van der Waals surface area contributed by atoms with Gasteiger partial charge >= 0.3 is 0 Å². The number of hydrogen-bond acceptors (Lipinski definition) is 3. The Morgan fingerprint density at radius 3 is 2.90 bits per heavy atom. The lowest BCUT2D eigenvalue weighted by atomic mass is 9.86. The molecule has 1 aromatic rings. The fourth-order valence-electron chi connectivity index (χ4n) is 3.07. The molecule has 1 aliphatic heterocycles. The molecule has 1 aliphatic carbocycles. The molecule has 2 N–H and O–H groups in total. The van der Waals surface area contributed by atoms with Gasteiger partial charge in [0.05, 0.1) is 19.3 Å². The molecule has 1 heterocycles. The number of fused-ring (bicyclic) bond motifs is 1. The van der Waals surface area contributed by atoms with Gasteiger partial charge in [0.25, 0.3) is 5.91 Å². The van der Waals surface area contributed by atoms with E-state index in [1.807, 2.05) is 18.2 Å². The van der Waals surface area contributed by atoms with E-state index < -0.39 is 0 Å². The molecule has 3 rings (SSSR count). The van der Waals surface area contributed by atoms with Crippen LogP contribution in [0.2, 0.25) is 0 Å². The summed E-state index contributed by atoms with van der Waals surface area (Å²) in [6.45, 7) is 1.80. The second-order valence-electron chi connectivity index (χ2n) is 5.80. The van der Waals surface area contributed by atoms with Crippen LogP contribution in [0.4, 0.5) is 0 Å². The molecule has 1 aromatic carbocycles. The van der Waals surface area contributed by atoms with Gasteiger partial charge in [-0.25, -0.2) is 0 Å². The molecule has 0 aromatic heterocycles. The lowest BCUT2D eigenvalue weighted by Crippen LogP contribution is -2.36. The van der Waals surface area contributed by atoms with E-state index in [0.717, 1.165) is 31.2 Å². The van der Waals surface area contributed by atoms with Gasteiger partial charge in [0.2, 0.25) is 0 Å². The topological polar surface area (TPSA) is 58.6 Å². The first-order chi connectivity index (χ1) is 9.74. The number of amides is 1. The molecule has 4 nitrogen and oxygen atoms in total. The van der Waals surface area contributed by atoms with E-state index in [2.05, 4.69) is 5.32 Å². The summed E-state index contributed by atoms with van der Waals surface area (Å²) >= 11 is 0. The number of nitrogens with one attached hydrogen (secondary N) is 1. The van der Waals surface area contributed by atoms with E-state index in [9.17, 15) is 9.90 Å². The van der Waals surface area contributed by atoms with Crippen LogP contribution in [-0.4, -0.2) is 23.7 Å². The van der Waals surface area contributed by atoms with Crippen molar-refractivity contribution >= 4 is 5.91 Å². The zero-order chi connectivity index (χ0) is 13.9. The second-order valence-corrected chi connectivity index (χ2v) is 5.80. The minimum absolute atomic E-state index is 0.0579. The summed E-state index contributed by atoms with van der Waals surface area (Å²) in [6, 6.07) is 5.72. The van der Waals surface area contributed by atoms with Crippen LogP contribution in [0.15, 0.2) is 18.2 Å². The minimum atomic E-state index is -0.266. The summed E-state index contributed by atoms with van der Waals surface area (Å²) in [5.41, 5.74) is 2.96. The van der Waals surface area contributed by atoms with E-state index in [1.54, 1.807) is 0 Å². The monoisotopic (exact) mass is 275 g/mol. The molecule has 2 unspecified atom stereocenters. The average Bonchev–Trinajstić information content (AvgIpc) is 2.93. The molecule has 108 valence electrons. The van der Waals surface area contributed by atoms with Crippen molar-refractivity contribution in [1.29, 1.82) is 0 Å². The number of aliphatic hydroxyl groups excluding tert-OH is 1. The Balaban J connectivity index is 1.59. The van der Waals surface area contributed by atoms with Crippen LogP contribution < -0.4 is 5.32 Å². The fraction of sp³-hybridized carbons (Fsp3) is 0.562. The molecule has 0 saturated heterocycles. The van der Waals surface area contributed by atoms with Gasteiger partial charge in [0.15, 0.2) is 0 Å². The number of rotatable bonds is 3. The highest BCUT2D eigenvalue weighted by molar-refractivity contribution is 5.94. The average molecular weight is 275 g/mol. The Hall–Kier alpha value is -1.39. The van der Waals surface area contributed by atoms with Crippen LogP contribution in [0.25, 0.3) is 0 Å². The molecule has 4 heteroatoms. The Morgan fingerprint density at radius 2 is 2.05 bits per heavy atom. The van der Waals surface area contributed by atoms with Gasteiger partial charge in [-0.3, -0.25) is 4.79 Å². The maximum absolute atomic E-state index is 12.2. The van der Waals surface area contributed by atoms with E-state index in [1.165, 1.54) is 5.56 Å². The molecule has 2 atom stereocenters. The van der Waals surface area contributed by atoms with Crippen molar-refractivity contribution in [2.75, 3.05) is 6.54 Å². The first-order valence-electron chi connectivity index (χ1n) is 7.40. The van der Waals surface area contributed by atoms with Gasteiger partial charge in [-0.2, -0.15) is 0 Å². The molecular formula is C16H21NO3. The predicted octanol–water partition coefficient (Wildman–Crippen LogP) is 2.00. The zero-order valence-electron chi connectivity index (χ0n) is 11.6. The fourth-order valence-corrected chi connectivity index (χ4v) is 3.07. The van der Waals surface area contributed by atoms with Crippen molar-refractivity contribution in [1.82, 2.24) is 5.32 Å². The second kappa shape index (κ2) is 5.94. The molecule has 1 fully saturated rings. The van der Waals surface area contributed by atoms with Gasteiger partial charge in [-0.15, -0.1) is 0 Å². The summed E-state index contributed by atoms with van der Waals surface area (Å²) in [5.74, 6) is 0.142. The normalized spacial score (nSPS) is 25.2. The Morgan fingerprint density at radius 1 is 1.25 bits per heavy atom. The minimum Gasteiger partial charge on any atom is -0.393 e. The van der Waals surface area contributed by atoms with E-state index >= 15 is 0 Å². The largest absolute Gasteiger partial charge is 0.393 e.